The summed E-state index contributed by atoms with van der Waals surface area (Å²) >= 11 is 0. The van der Waals surface area contributed by atoms with Crippen molar-refractivity contribution in [2.45, 2.75) is 264 Å². The molecule has 0 aliphatic carbocycles. The molecule has 59 heavy (non-hydrogen) atoms. The van der Waals surface area contributed by atoms with Gasteiger partial charge in [-0.05, 0) is 19.3 Å². The number of quaternary nitrogens is 1. The highest BCUT2D eigenvalue weighted by atomic mass is 31.2. The Kier molecular flexibility index (Phi) is 42.0. The lowest BCUT2D eigenvalue weighted by atomic mass is 10.0. The number of amides is 1. The maximum absolute atomic E-state index is 12.9. The van der Waals surface area contributed by atoms with Crippen LogP contribution in [0.1, 0.15) is 251 Å². The molecule has 0 rings (SSSR count). The van der Waals surface area contributed by atoms with Gasteiger partial charge in [-0.1, -0.05) is 238 Å². The number of carbonyl (C=O) groups excluding carboxylic acids is 1. The molecule has 0 aliphatic rings. The molecule has 0 aliphatic heterocycles. The smallest absolute Gasteiger partial charge is 0.387 e. The first-order valence-corrected chi connectivity index (χ1v) is 27.1. The molecule has 3 atom stereocenters. The lowest BCUT2D eigenvalue weighted by molar-refractivity contribution is -0.870. The molecule has 0 aromatic heterocycles. The normalized spacial score (nSPS) is 14.2. The molecule has 352 valence electrons. The molecule has 0 bridgehead atoms. The zero-order chi connectivity index (χ0) is 43.6. The van der Waals surface area contributed by atoms with Crippen LogP contribution >= 0.6 is 7.82 Å². The molecule has 0 aromatic carbocycles. The third kappa shape index (κ3) is 45.1. The van der Waals surface area contributed by atoms with Gasteiger partial charge in [0.05, 0.1) is 39.9 Å². The Balaban J connectivity index is 4.13. The number of nitrogens with one attached hydrogen (secondary N) is 1. The summed E-state index contributed by atoms with van der Waals surface area (Å²) in [6.07, 6.45) is 50.1. The number of carbonyl (C=O) groups is 1. The fourth-order valence-electron chi connectivity index (χ4n) is 7.69. The summed E-state index contributed by atoms with van der Waals surface area (Å²) in [5.41, 5.74) is 0. The third-order valence-electron chi connectivity index (χ3n) is 11.8. The summed E-state index contributed by atoms with van der Waals surface area (Å²) in [6.45, 7) is 4.83. The van der Waals surface area contributed by atoms with Crippen LogP contribution < -0.4 is 5.32 Å². The number of allylic oxidation sites excluding steroid dienone is 1. The molecule has 0 saturated heterocycles. The van der Waals surface area contributed by atoms with Crippen LogP contribution in [0, 0.1) is 0 Å². The van der Waals surface area contributed by atoms with Gasteiger partial charge in [0.1, 0.15) is 13.2 Å². The van der Waals surface area contributed by atoms with Gasteiger partial charge in [0, 0.05) is 6.42 Å². The van der Waals surface area contributed by atoms with E-state index in [-0.39, 0.29) is 19.1 Å². The summed E-state index contributed by atoms with van der Waals surface area (Å²) in [6, 6.07) is -0.840. The largest absolute Gasteiger partial charge is 0.472 e. The molecule has 1 amide bonds. The number of hydrogen-bond acceptors (Lipinski definition) is 5. The van der Waals surface area contributed by atoms with Crippen molar-refractivity contribution in [3.8, 4) is 0 Å². The van der Waals surface area contributed by atoms with Crippen molar-refractivity contribution in [3.63, 3.8) is 0 Å². The van der Waals surface area contributed by atoms with Gasteiger partial charge in [0.25, 0.3) is 0 Å². The van der Waals surface area contributed by atoms with E-state index in [0.717, 1.165) is 38.5 Å². The van der Waals surface area contributed by atoms with Crippen LogP contribution in [0.25, 0.3) is 0 Å². The predicted octanol–water partition coefficient (Wildman–Crippen LogP) is 14.7. The SMILES string of the molecule is CCCCCCCCCCCC/C=C/[C@@H](O)[C@H](COP(=O)(O)OCC[N+](C)(C)C)NC(=O)CCCCCCCCCCCCCCCCCCCCCCCCCCC. The number of rotatable bonds is 47. The number of aliphatic hydroxyl groups excluding tert-OH is 1. The minimum Gasteiger partial charge on any atom is -0.387 e. The van der Waals surface area contributed by atoms with Gasteiger partial charge < -0.3 is 19.8 Å². The van der Waals surface area contributed by atoms with Gasteiger partial charge >= 0.3 is 7.82 Å². The average molecular weight is 858 g/mol. The highest BCUT2D eigenvalue weighted by molar-refractivity contribution is 7.47. The van der Waals surface area contributed by atoms with Crippen molar-refractivity contribution in [3.05, 3.63) is 12.2 Å². The fraction of sp³-hybridized carbons (Fsp3) is 0.940. The monoisotopic (exact) mass is 858 g/mol. The van der Waals surface area contributed by atoms with Crippen LogP contribution in [0.2, 0.25) is 0 Å². The van der Waals surface area contributed by atoms with E-state index in [1.54, 1.807) is 6.08 Å². The number of phosphoric ester groups is 1. The van der Waals surface area contributed by atoms with E-state index < -0.39 is 20.0 Å². The summed E-state index contributed by atoms with van der Waals surface area (Å²) in [4.78, 5) is 23.2. The summed E-state index contributed by atoms with van der Waals surface area (Å²) in [7, 11) is 1.58. The zero-order valence-electron chi connectivity index (χ0n) is 40.0. The first-order valence-electron chi connectivity index (χ1n) is 25.6. The molecule has 0 radical (unpaired) electrons. The Morgan fingerprint density at radius 2 is 0.898 bits per heavy atom. The highest BCUT2D eigenvalue weighted by Crippen LogP contribution is 2.43. The Morgan fingerprint density at radius 3 is 1.25 bits per heavy atom. The van der Waals surface area contributed by atoms with Crippen molar-refractivity contribution in [2.24, 2.45) is 0 Å². The van der Waals surface area contributed by atoms with Gasteiger partial charge in [-0.25, -0.2) is 4.57 Å². The van der Waals surface area contributed by atoms with Gasteiger partial charge in [0.15, 0.2) is 0 Å². The second kappa shape index (κ2) is 42.5. The van der Waals surface area contributed by atoms with E-state index >= 15 is 0 Å². The topological polar surface area (TPSA) is 105 Å². The van der Waals surface area contributed by atoms with Crippen molar-refractivity contribution in [1.82, 2.24) is 5.32 Å². The molecule has 0 heterocycles. The number of aliphatic hydroxyl groups is 1. The standard InChI is InChI=1S/C50H101N2O6P/c1-6-8-10-12-14-16-18-20-21-22-23-24-25-26-27-28-29-30-31-32-34-36-38-40-42-44-50(54)51-48(47-58-59(55,56)57-46-45-52(3,4)5)49(53)43-41-39-37-35-33-19-17-15-13-11-9-7-2/h41,43,48-49,53H,6-40,42,44-47H2,1-5H3,(H-,51,54,55,56)/p+1/b43-41+/t48-,49+/m0/s1. The van der Waals surface area contributed by atoms with Crippen molar-refractivity contribution in [2.75, 3.05) is 40.9 Å². The molecule has 0 saturated carbocycles. The van der Waals surface area contributed by atoms with Crippen LogP contribution in [0.4, 0.5) is 0 Å². The molecule has 0 aromatic rings. The number of nitrogens with zero attached hydrogens (tertiary/aromatic N) is 1. The number of hydrogen-bond donors (Lipinski definition) is 3. The van der Waals surface area contributed by atoms with Crippen LogP contribution in [-0.4, -0.2) is 73.4 Å². The number of likely N-dealkylation sites (N-methyl/N-ethyl adjacent to an activating group) is 1. The summed E-state index contributed by atoms with van der Waals surface area (Å²) < 4.78 is 23.6. The van der Waals surface area contributed by atoms with E-state index in [1.807, 2.05) is 27.2 Å². The zero-order valence-corrected chi connectivity index (χ0v) is 40.9. The van der Waals surface area contributed by atoms with Crippen LogP contribution in [0.5, 0.6) is 0 Å². The maximum atomic E-state index is 12.9. The summed E-state index contributed by atoms with van der Waals surface area (Å²) in [5, 5.41) is 13.8. The lowest BCUT2D eigenvalue weighted by Gasteiger charge is -2.25. The lowest BCUT2D eigenvalue weighted by Crippen LogP contribution is -2.45. The highest BCUT2D eigenvalue weighted by Gasteiger charge is 2.27. The van der Waals surface area contributed by atoms with Crippen LogP contribution in [0.3, 0.4) is 0 Å². The maximum Gasteiger partial charge on any atom is 0.472 e. The molecule has 8 nitrogen and oxygen atoms in total. The third-order valence-corrected chi connectivity index (χ3v) is 12.7. The van der Waals surface area contributed by atoms with Gasteiger partial charge in [-0.15, -0.1) is 0 Å². The molecule has 3 N–H and O–H groups in total. The molecule has 0 fully saturated rings. The Bertz CT molecular complexity index is 974. The average Bonchev–Trinajstić information content (AvgIpc) is 3.19. The van der Waals surface area contributed by atoms with Crippen molar-refractivity contribution >= 4 is 13.7 Å². The van der Waals surface area contributed by atoms with Crippen LogP contribution in [-0.2, 0) is 18.4 Å². The van der Waals surface area contributed by atoms with E-state index in [2.05, 4.69) is 19.2 Å². The second-order valence-electron chi connectivity index (χ2n) is 18.9. The van der Waals surface area contributed by atoms with Gasteiger partial charge in [-0.2, -0.15) is 0 Å². The van der Waals surface area contributed by atoms with E-state index in [0.29, 0.717) is 17.4 Å². The van der Waals surface area contributed by atoms with Gasteiger partial charge in [-0.3, -0.25) is 13.8 Å². The van der Waals surface area contributed by atoms with E-state index in [1.165, 1.54) is 193 Å². The van der Waals surface area contributed by atoms with Crippen molar-refractivity contribution in [1.29, 1.82) is 0 Å². The molecule has 0 spiro atoms. The van der Waals surface area contributed by atoms with Crippen LogP contribution in [0.15, 0.2) is 12.2 Å². The molecule has 1 unspecified atom stereocenters. The first-order chi connectivity index (χ1) is 28.5. The number of phosphoric acid groups is 1. The Labute approximate surface area is 367 Å². The minimum atomic E-state index is -4.33. The minimum absolute atomic E-state index is 0.0647. The van der Waals surface area contributed by atoms with Crippen molar-refractivity contribution < 1.29 is 32.9 Å². The van der Waals surface area contributed by atoms with Gasteiger partial charge in [0.2, 0.25) is 5.91 Å². The van der Waals surface area contributed by atoms with E-state index in [9.17, 15) is 19.4 Å². The molecular formula is C50H102N2O6P+. The second-order valence-corrected chi connectivity index (χ2v) is 20.4. The molecular weight excluding hydrogens is 756 g/mol. The predicted molar refractivity (Wildman–Crippen MR) is 254 cm³/mol. The Morgan fingerprint density at radius 1 is 0.559 bits per heavy atom. The van der Waals surface area contributed by atoms with E-state index in [4.69, 9.17) is 9.05 Å². The number of unbranched alkanes of at least 4 members (excludes halogenated alkanes) is 34. The quantitative estimate of drug-likeness (QED) is 0.0244. The summed E-state index contributed by atoms with van der Waals surface area (Å²) in [5.74, 6) is -0.173. The first kappa shape index (κ1) is 58.2. The molecule has 9 heteroatoms. The fourth-order valence-corrected chi connectivity index (χ4v) is 8.43. The Hall–Kier alpha value is -0.760.